The van der Waals surface area contributed by atoms with E-state index in [1.54, 1.807) is 0 Å². The monoisotopic (exact) mass is 380 g/mol. The summed E-state index contributed by atoms with van der Waals surface area (Å²) in [6.07, 6.45) is 6.44. The fraction of sp³-hybridized carbons (Fsp3) is 0.609. The minimum atomic E-state index is 0.262. The Morgan fingerprint density at radius 3 is 2.68 bits per heavy atom. The van der Waals surface area contributed by atoms with Gasteiger partial charge in [0.25, 0.3) is 0 Å². The van der Waals surface area contributed by atoms with Crippen molar-refractivity contribution in [1.29, 1.82) is 0 Å². The van der Waals surface area contributed by atoms with Gasteiger partial charge in [0.15, 0.2) is 0 Å². The summed E-state index contributed by atoms with van der Waals surface area (Å²) in [5, 5.41) is 0. The Morgan fingerprint density at radius 2 is 1.89 bits per heavy atom. The number of hydrogen-bond acceptors (Lipinski definition) is 4. The van der Waals surface area contributed by atoms with Crippen molar-refractivity contribution in [3.05, 3.63) is 35.7 Å². The van der Waals surface area contributed by atoms with Crippen molar-refractivity contribution in [3.8, 4) is 0 Å². The molecule has 0 saturated carbocycles. The lowest BCUT2D eigenvalue weighted by atomic mass is 9.73. The molecule has 2 fully saturated rings. The molecule has 3 heterocycles. The van der Waals surface area contributed by atoms with E-state index in [4.69, 9.17) is 9.97 Å². The van der Waals surface area contributed by atoms with Crippen molar-refractivity contribution < 1.29 is 4.79 Å². The Hall–Kier alpha value is -2.01. The number of rotatable bonds is 5. The normalized spacial score (nSPS) is 23.6. The average molecular weight is 381 g/mol. The van der Waals surface area contributed by atoms with Crippen molar-refractivity contribution in [2.75, 3.05) is 26.2 Å². The molecule has 1 spiro atoms. The van der Waals surface area contributed by atoms with Crippen LogP contribution in [0.3, 0.4) is 0 Å². The van der Waals surface area contributed by atoms with Crippen LogP contribution in [0.15, 0.2) is 24.3 Å². The van der Waals surface area contributed by atoms with Gasteiger partial charge in [0.2, 0.25) is 5.91 Å². The third-order valence-corrected chi connectivity index (χ3v) is 6.49. The van der Waals surface area contributed by atoms with E-state index in [1.807, 2.05) is 24.3 Å². The number of nitrogens with zero attached hydrogens (tertiary/aromatic N) is 4. The summed E-state index contributed by atoms with van der Waals surface area (Å²) in [4.78, 5) is 26.7. The van der Waals surface area contributed by atoms with Gasteiger partial charge in [-0.2, -0.15) is 0 Å². The standard InChI is InChI=1S/C23H32N4O/c1-3-4-14-27-17-23(12-10-22(27)28)11-7-13-26(16-23)15-21-18(2)24-19-8-5-6-9-20(19)25-21/h5-6,8-9H,3-4,7,10-17H2,1-2H3/t23-/m1/s1. The first-order valence-corrected chi connectivity index (χ1v) is 10.8. The number of hydrogen-bond donors (Lipinski definition) is 0. The molecule has 0 unspecified atom stereocenters. The molecular weight excluding hydrogens is 348 g/mol. The zero-order valence-electron chi connectivity index (χ0n) is 17.3. The van der Waals surface area contributed by atoms with Crippen LogP contribution in [-0.4, -0.2) is 51.9 Å². The molecule has 0 N–H and O–H groups in total. The van der Waals surface area contributed by atoms with Crippen LogP contribution in [0.2, 0.25) is 0 Å². The lowest BCUT2D eigenvalue weighted by Gasteiger charge is -2.48. The number of aryl methyl sites for hydroxylation is 1. The SMILES string of the molecule is CCCCN1C[C@]2(CCCN(Cc3nc4ccccc4nc3C)C2)CCC1=O. The highest BCUT2D eigenvalue weighted by Crippen LogP contribution is 2.39. The van der Waals surface area contributed by atoms with Crippen LogP contribution in [0.5, 0.6) is 0 Å². The second kappa shape index (κ2) is 8.16. The topological polar surface area (TPSA) is 49.3 Å². The van der Waals surface area contributed by atoms with Crippen molar-refractivity contribution in [3.63, 3.8) is 0 Å². The summed E-state index contributed by atoms with van der Waals surface area (Å²) in [6, 6.07) is 8.11. The van der Waals surface area contributed by atoms with Gasteiger partial charge in [-0.3, -0.25) is 9.69 Å². The molecule has 2 saturated heterocycles. The Balaban J connectivity index is 1.48. The molecule has 0 aliphatic carbocycles. The lowest BCUT2D eigenvalue weighted by Crippen LogP contribution is -2.54. The Bertz CT molecular complexity index is 852. The molecular formula is C23H32N4O. The molecule has 2 aromatic rings. The van der Waals surface area contributed by atoms with E-state index < -0.39 is 0 Å². The summed E-state index contributed by atoms with van der Waals surface area (Å²) in [7, 11) is 0. The molecule has 0 bridgehead atoms. The van der Waals surface area contributed by atoms with Gasteiger partial charge in [0.1, 0.15) is 0 Å². The van der Waals surface area contributed by atoms with Gasteiger partial charge in [-0.1, -0.05) is 25.5 Å². The first-order valence-electron chi connectivity index (χ1n) is 10.8. The predicted molar refractivity (Wildman–Crippen MR) is 112 cm³/mol. The van der Waals surface area contributed by atoms with Gasteiger partial charge in [-0.25, -0.2) is 9.97 Å². The number of para-hydroxylation sites is 2. The van der Waals surface area contributed by atoms with Crippen LogP contribution in [0, 0.1) is 12.3 Å². The van der Waals surface area contributed by atoms with E-state index in [-0.39, 0.29) is 5.41 Å². The van der Waals surface area contributed by atoms with Gasteiger partial charge in [0, 0.05) is 38.0 Å². The van der Waals surface area contributed by atoms with Crippen LogP contribution in [0.1, 0.15) is 56.8 Å². The van der Waals surface area contributed by atoms with Gasteiger partial charge in [-0.15, -0.1) is 0 Å². The fourth-order valence-corrected chi connectivity index (χ4v) is 4.92. The van der Waals surface area contributed by atoms with Crippen LogP contribution in [-0.2, 0) is 11.3 Å². The Labute approximate surface area is 168 Å². The van der Waals surface area contributed by atoms with Crippen LogP contribution >= 0.6 is 0 Å². The summed E-state index contributed by atoms with van der Waals surface area (Å²) < 4.78 is 0. The molecule has 4 rings (SSSR count). The first-order chi connectivity index (χ1) is 13.6. The maximum Gasteiger partial charge on any atom is 0.222 e. The molecule has 28 heavy (non-hydrogen) atoms. The molecule has 5 nitrogen and oxygen atoms in total. The number of unbranched alkanes of at least 4 members (excludes halogenated alkanes) is 1. The molecule has 150 valence electrons. The number of amides is 1. The molecule has 1 amide bonds. The van der Waals surface area contributed by atoms with Crippen LogP contribution in [0.25, 0.3) is 11.0 Å². The zero-order valence-corrected chi connectivity index (χ0v) is 17.3. The summed E-state index contributed by atoms with van der Waals surface area (Å²) in [5.74, 6) is 0.354. The van der Waals surface area contributed by atoms with E-state index in [0.29, 0.717) is 12.3 Å². The zero-order chi connectivity index (χ0) is 19.6. The highest BCUT2D eigenvalue weighted by atomic mass is 16.2. The van der Waals surface area contributed by atoms with Crippen molar-refractivity contribution in [1.82, 2.24) is 19.8 Å². The number of benzene rings is 1. The molecule has 1 aromatic carbocycles. The van der Waals surface area contributed by atoms with Gasteiger partial charge in [-0.05, 0) is 51.3 Å². The highest BCUT2D eigenvalue weighted by Gasteiger charge is 2.41. The van der Waals surface area contributed by atoms with E-state index in [9.17, 15) is 4.79 Å². The fourth-order valence-electron chi connectivity index (χ4n) is 4.92. The lowest BCUT2D eigenvalue weighted by molar-refractivity contribution is -0.139. The Kier molecular flexibility index (Phi) is 5.63. The number of likely N-dealkylation sites (tertiary alicyclic amines) is 2. The van der Waals surface area contributed by atoms with Gasteiger partial charge >= 0.3 is 0 Å². The molecule has 1 atom stereocenters. The summed E-state index contributed by atoms with van der Waals surface area (Å²) >= 11 is 0. The summed E-state index contributed by atoms with van der Waals surface area (Å²) in [6.45, 7) is 9.15. The number of aromatic nitrogens is 2. The Morgan fingerprint density at radius 1 is 1.11 bits per heavy atom. The van der Waals surface area contributed by atoms with Gasteiger partial charge < -0.3 is 4.90 Å². The molecule has 1 aromatic heterocycles. The minimum Gasteiger partial charge on any atom is -0.342 e. The molecule has 2 aliphatic heterocycles. The minimum absolute atomic E-state index is 0.262. The predicted octanol–water partition coefficient (Wildman–Crippen LogP) is 3.94. The summed E-state index contributed by atoms with van der Waals surface area (Å²) in [5.41, 5.74) is 4.32. The number of fused-ring (bicyclic) bond motifs is 1. The number of carbonyl (C=O) groups excluding carboxylic acids is 1. The maximum absolute atomic E-state index is 12.4. The largest absolute Gasteiger partial charge is 0.342 e. The second-order valence-electron chi connectivity index (χ2n) is 8.73. The first kappa shape index (κ1) is 19.3. The third-order valence-electron chi connectivity index (χ3n) is 6.49. The van der Waals surface area contributed by atoms with E-state index in [1.165, 1.54) is 12.8 Å². The number of piperidine rings is 2. The van der Waals surface area contributed by atoms with Crippen molar-refractivity contribution >= 4 is 16.9 Å². The van der Waals surface area contributed by atoms with Crippen molar-refractivity contribution in [2.45, 2.75) is 58.9 Å². The number of carbonyl (C=O) groups is 1. The van der Waals surface area contributed by atoms with Crippen molar-refractivity contribution in [2.24, 2.45) is 5.41 Å². The molecule has 5 heteroatoms. The molecule has 0 radical (unpaired) electrons. The third kappa shape index (κ3) is 4.04. The quantitative estimate of drug-likeness (QED) is 0.788. The smallest absolute Gasteiger partial charge is 0.222 e. The van der Waals surface area contributed by atoms with E-state index >= 15 is 0 Å². The second-order valence-corrected chi connectivity index (χ2v) is 8.73. The van der Waals surface area contributed by atoms with Gasteiger partial charge in [0.05, 0.1) is 22.4 Å². The van der Waals surface area contributed by atoms with E-state index in [2.05, 4.69) is 23.6 Å². The van der Waals surface area contributed by atoms with Crippen LogP contribution < -0.4 is 0 Å². The average Bonchev–Trinajstić information content (AvgIpc) is 2.70. The molecule has 2 aliphatic rings. The van der Waals surface area contributed by atoms with E-state index in [0.717, 1.165) is 74.4 Å². The maximum atomic E-state index is 12.4. The highest BCUT2D eigenvalue weighted by molar-refractivity contribution is 5.77. The van der Waals surface area contributed by atoms with Crippen LogP contribution in [0.4, 0.5) is 0 Å².